The second-order valence-corrected chi connectivity index (χ2v) is 6.36. The van der Waals surface area contributed by atoms with Gasteiger partial charge in [-0.1, -0.05) is 68.8 Å². The molecule has 3 nitrogen and oxygen atoms in total. The Labute approximate surface area is 144 Å². The van der Waals surface area contributed by atoms with E-state index in [0.29, 0.717) is 6.61 Å². The van der Waals surface area contributed by atoms with Gasteiger partial charge >= 0.3 is 6.09 Å². The number of carbonyl (C=O) groups excluding carboxylic acids is 1. The SMILES string of the molecule is CCCC(CC)NC(=O)OCC1c2ccccc2-c2ccccc21. The molecule has 2 aromatic carbocycles. The first-order valence-electron chi connectivity index (χ1n) is 8.86. The van der Waals surface area contributed by atoms with Crippen molar-refractivity contribution < 1.29 is 9.53 Å². The topological polar surface area (TPSA) is 38.3 Å². The lowest BCUT2D eigenvalue weighted by Crippen LogP contribution is -2.35. The van der Waals surface area contributed by atoms with E-state index < -0.39 is 0 Å². The minimum absolute atomic E-state index is 0.120. The minimum Gasteiger partial charge on any atom is -0.449 e. The number of alkyl carbamates (subject to hydrolysis) is 1. The molecular formula is C21H25NO2. The number of carbonyl (C=O) groups is 1. The largest absolute Gasteiger partial charge is 0.449 e. The van der Waals surface area contributed by atoms with Gasteiger partial charge in [-0.15, -0.1) is 0 Å². The van der Waals surface area contributed by atoms with Gasteiger partial charge in [-0.25, -0.2) is 4.79 Å². The lowest BCUT2D eigenvalue weighted by atomic mass is 9.98. The summed E-state index contributed by atoms with van der Waals surface area (Å²) >= 11 is 0. The number of amides is 1. The van der Waals surface area contributed by atoms with Crippen molar-refractivity contribution in [3.05, 3.63) is 59.7 Å². The quantitative estimate of drug-likeness (QED) is 0.803. The second-order valence-electron chi connectivity index (χ2n) is 6.36. The maximum absolute atomic E-state index is 12.1. The molecule has 0 radical (unpaired) electrons. The Morgan fingerprint density at radius 1 is 1.04 bits per heavy atom. The smallest absolute Gasteiger partial charge is 0.407 e. The molecule has 3 rings (SSSR count). The summed E-state index contributed by atoms with van der Waals surface area (Å²) in [6.07, 6.45) is 2.66. The van der Waals surface area contributed by atoms with E-state index in [1.165, 1.54) is 22.3 Å². The third-order valence-electron chi connectivity index (χ3n) is 4.80. The Morgan fingerprint density at radius 3 is 2.17 bits per heavy atom. The van der Waals surface area contributed by atoms with Crippen molar-refractivity contribution >= 4 is 6.09 Å². The lowest BCUT2D eigenvalue weighted by molar-refractivity contribution is 0.138. The Kier molecular flexibility index (Phi) is 5.19. The standard InChI is InChI=1S/C21H25NO2/c1-3-9-15(4-2)22-21(23)24-14-20-18-12-7-5-10-16(18)17-11-6-8-13-19(17)20/h5-8,10-13,15,20H,3-4,9,14H2,1-2H3,(H,22,23). The number of rotatable bonds is 6. The molecule has 1 N–H and O–H groups in total. The van der Waals surface area contributed by atoms with Crippen LogP contribution in [-0.2, 0) is 4.74 Å². The molecule has 1 aliphatic rings. The van der Waals surface area contributed by atoms with Crippen LogP contribution in [0.15, 0.2) is 48.5 Å². The Bertz CT molecular complexity index is 665. The predicted octanol–water partition coefficient (Wildman–Crippen LogP) is 5.10. The van der Waals surface area contributed by atoms with Gasteiger partial charge in [-0.2, -0.15) is 0 Å². The van der Waals surface area contributed by atoms with E-state index in [0.717, 1.165) is 19.3 Å². The Hall–Kier alpha value is -2.29. The van der Waals surface area contributed by atoms with Crippen LogP contribution in [0.1, 0.15) is 50.2 Å². The highest BCUT2D eigenvalue weighted by Gasteiger charge is 2.29. The molecule has 3 heteroatoms. The molecule has 0 saturated heterocycles. The fraction of sp³-hybridized carbons (Fsp3) is 0.381. The molecule has 0 aliphatic heterocycles. The van der Waals surface area contributed by atoms with Crippen molar-refractivity contribution in [1.29, 1.82) is 0 Å². The number of nitrogens with one attached hydrogen (secondary N) is 1. The van der Waals surface area contributed by atoms with Gasteiger partial charge in [0.05, 0.1) is 0 Å². The summed E-state index contributed by atoms with van der Waals surface area (Å²) in [6.45, 7) is 4.59. The van der Waals surface area contributed by atoms with Crippen molar-refractivity contribution in [3.63, 3.8) is 0 Å². The van der Waals surface area contributed by atoms with Crippen LogP contribution in [0.5, 0.6) is 0 Å². The Morgan fingerprint density at radius 2 is 1.62 bits per heavy atom. The second kappa shape index (κ2) is 7.52. The molecule has 2 aromatic rings. The predicted molar refractivity (Wildman–Crippen MR) is 97.2 cm³/mol. The molecule has 1 atom stereocenters. The van der Waals surface area contributed by atoms with E-state index in [-0.39, 0.29) is 18.1 Å². The van der Waals surface area contributed by atoms with Crippen molar-refractivity contribution in [2.45, 2.75) is 45.1 Å². The number of hydrogen-bond acceptors (Lipinski definition) is 2. The van der Waals surface area contributed by atoms with Gasteiger partial charge < -0.3 is 10.1 Å². The molecule has 1 amide bonds. The molecule has 24 heavy (non-hydrogen) atoms. The first-order valence-corrected chi connectivity index (χ1v) is 8.86. The number of benzene rings is 2. The average molecular weight is 323 g/mol. The zero-order chi connectivity index (χ0) is 16.9. The Balaban J connectivity index is 1.70. The van der Waals surface area contributed by atoms with Gasteiger partial charge in [0.15, 0.2) is 0 Å². The van der Waals surface area contributed by atoms with Crippen LogP contribution in [0, 0.1) is 0 Å². The van der Waals surface area contributed by atoms with Gasteiger partial charge in [0.2, 0.25) is 0 Å². The van der Waals surface area contributed by atoms with Crippen LogP contribution in [0.25, 0.3) is 11.1 Å². The zero-order valence-corrected chi connectivity index (χ0v) is 14.4. The summed E-state index contributed by atoms with van der Waals surface area (Å²) in [6, 6.07) is 17.0. The average Bonchev–Trinajstić information content (AvgIpc) is 2.93. The molecule has 0 aromatic heterocycles. The van der Waals surface area contributed by atoms with Crippen LogP contribution in [-0.4, -0.2) is 18.7 Å². The molecule has 0 spiro atoms. The van der Waals surface area contributed by atoms with Crippen LogP contribution >= 0.6 is 0 Å². The summed E-state index contributed by atoms with van der Waals surface area (Å²) in [7, 11) is 0. The maximum atomic E-state index is 12.1. The van der Waals surface area contributed by atoms with Crippen LogP contribution in [0.2, 0.25) is 0 Å². The number of ether oxygens (including phenoxy) is 1. The van der Waals surface area contributed by atoms with Crippen LogP contribution in [0.3, 0.4) is 0 Å². The first kappa shape index (κ1) is 16.6. The fourth-order valence-electron chi connectivity index (χ4n) is 3.53. The molecule has 1 aliphatic carbocycles. The van der Waals surface area contributed by atoms with Crippen molar-refractivity contribution in [3.8, 4) is 11.1 Å². The van der Waals surface area contributed by atoms with Crippen LogP contribution in [0.4, 0.5) is 4.79 Å². The molecule has 126 valence electrons. The summed E-state index contributed by atoms with van der Waals surface area (Å²) < 4.78 is 5.57. The van der Waals surface area contributed by atoms with Gasteiger partial charge in [0.25, 0.3) is 0 Å². The van der Waals surface area contributed by atoms with E-state index in [9.17, 15) is 4.79 Å². The highest BCUT2D eigenvalue weighted by molar-refractivity contribution is 5.79. The normalized spacial score (nSPS) is 13.9. The number of hydrogen-bond donors (Lipinski definition) is 1. The highest BCUT2D eigenvalue weighted by atomic mass is 16.5. The summed E-state index contributed by atoms with van der Waals surface area (Å²) in [4.78, 5) is 12.1. The van der Waals surface area contributed by atoms with Crippen LogP contribution < -0.4 is 5.32 Å². The van der Waals surface area contributed by atoms with Crippen molar-refractivity contribution in [2.24, 2.45) is 0 Å². The zero-order valence-electron chi connectivity index (χ0n) is 14.4. The summed E-state index contributed by atoms with van der Waals surface area (Å²) in [5, 5.41) is 2.98. The highest BCUT2D eigenvalue weighted by Crippen LogP contribution is 2.44. The van der Waals surface area contributed by atoms with E-state index in [1.807, 2.05) is 12.1 Å². The molecule has 1 unspecified atom stereocenters. The molecule has 0 heterocycles. The maximum Gasteiger partial charge on any atom is 0.407 e. The molecule has 0 bridgehead atoms. The molecule has 0 saturated carbocycles. The summed E-state index contributed by atoms with van der Waals surface area (Å²) in [5.41, 5.74) is 4.98. The third-order valence-corrected chi connectivity index (χ3v) is 4.80. The fourth-order valence-corrected chi connectivity index (χ4v) is 3.53. The van der Waals surface area contributed by atoms with E-state index >= 15 is 0 Å². The third kappa shape index (κ3) is 3.30. The molecular weight excluding hydrogens is 298 g/mol. The first-order chi connectivity index (χ1) is 11.7. The minimum atomic E-state index is -0.308. The van der Waals surface area contributed by atoms with E-state index in [4.69, 9.17) is 4.74 Å². The van der Waals surface area contributed by atoms with Crippen molar-refractivity contribution in [1.82, 2.24) is 5.32 Å². The van der Waals surface area contributed by atoms with Gasteiger partial charge in [0, 0.05) is 12.0 Å². The molecule has 0 fully saturated rings. The van der Waals surface area contributed by atoms with Gasteiger partial charge in [0.1, 0.15) is 6.61 Å². The van der Waals surface area contributed by atoms with Gasteiger partial charge in [-0.05, 0) is 35.1 Å². The van der Waals surface area contributed by atoms with Crippen molar-refractivity contribution in [2.75, 3.05) is 6.61 Å². The number of fused-ring (bicyclic) bond motifs is 3. The van der Waals surface area contributed by atoms with E-state index in [2.05, 4.69) is 55.6 Å². The van der Waals surface area contributed by atoms with E-state index in [1.54, 1.807) is 0 Å². The summed E-state index contributed by atoms with van der Waals surface area (Å²) in [5.74, 6) is 0.120. The lowest BCUT2D eigenvalue weighted by Gasteiger charge is -2.18. The monoisotopic (exact) mass is 323 g/mol. The van der Waals surface area contributed by atoms with Gasteiger partial charge in [-0.3, -0.25) is 0 Å².